The van der Waals surface area contributed by atoms with Gasteiger partial charge in [0, 0.05) is 36.7 Å². The van der Waals surface area contributed by atoms with Gasteiger partial charge in [0.05, 0.1) is 22.4 Å². The number of rotatable bonds is 7. The minimum atomic E-state index is -2.14. The SMILES string of the molecule is [2H]C([2H])([2H])c1c[c-]c(-c2cc(C([2H])(C)C)[c]([Ge]([CH3])([CH3])[CH3])cn2)cc1.[Ir].[c-]1ccc2c(oc3ccccc32)c1-c1nc2ccccc2n1-c1cc(-c2ccccc2)ccc1-c1ccccc1. The number of benzene rings is 7. The van der Waals surface area contributed by atoms with Crippen LogP contribution in [-0.4, -0.2) is 27.8 Å². The molecule has 0 amide bonds. The van der Waals surface area contributed by atoms with Crippen molar-refractivity contribution in [3.8, 4) is 50.6 Å². The molecule has 0 bridgehead atoms. The summed E-state index contributed by atoms with van der Waals surface area (Å²) in [5.74, 6) is 6.98. The molecule has 10 aromatic rings. The van der Waals surface area contributed by atoms with Crippen molar-refractivity contribution in [1.29, 1.82) is 0 Å². The topological polar surface area (TPSA) is 43.9 Å². The van der Waals surface area contributed by atoms with Gasteiger partial charge in [-0.2, -0.15) is 0 Å². The maximum absolute atomic E-state index is 8.49. The van der Waals surface area contributed by atoms with Gasteiger partial charge in [-0.15, -0.1) is 18.2 Å². The first-order valence-corrected chi connectivity index (χ1v) is 27.6. The van der Waals surface area contributed by atoms with Crippen LogP contribution in [-0.2, 0) is 20.1 Å². The Morgan fingerprint density at radius 3 is 2.16 bits per heavy atom. The molecule has 4 nitrogen and oxygen atoms in total. The molecule has 3 aromatic heterocycles. The number of aryl methyl sites for hydroxylation is 1. The number of aromatic nitrogens is 3. The average molecular weight is 1030 g/mol. The van der Waals surface area contributed by atoms with Crippen LogP contribution in [0.1, 0.15) is 36.4 Å². The van der Waals surface area contributed by atoms with E-state index in [2.05, 4.69) is 142 Å². The van der Waals surface area contributed by atoms with Crippen LogP contribution in [0.3, 0.4) is 0 Å². The zero-order valence-electron chi connectivity index (χ0n) is 38.7. The van der Waals surface area contributed by atoms with Gasteiger partial charge in [0.2, 0.25) is 0 Å². The van der Waals surface area contributed by atoms with E-state index in [0.29, 0.717) is 0 Å². The van der Waals surface area contributed by atoms with Crippen molar-refractivity contribution < 1.29 is 30.0 Å². The summed E-state index contributed by atoms with van der Waals surface area (Å²) in [5, 5.41) is 2.15. The quantitative estimate of drug-likeness (QED) is 0.118. The summed E-state index contributed by atoms with van der Waals surface area (Å²) < 4.78 is 40.8. The third kappa shape index (κ3) is 8.43. The first-order valence-electron chi connectivity index (χ1n) is 22.2. The standard InChI is InChI=1S/C37H23N2O.C18H24GeN.Ir/c1-3-12-25(13-4-1)27-22-23-28(26-14-5-2-6-15-26)34(24-27)39-33-20-9-8-19-32(33)38-37(39)31-18-11-17-30-29-16-7-10-21-35(29)40-36(30)31;1-13(2)16-11-18(15-9-7-14(3)8-10-15)20-12-17(16)19(4,5)6;/h1-17,19-24H;7-9,11-13H,1-6H3;/q2*-1;/i;3D3,13D;. The monoisotopic (exact) mass is 1040 g/mol. The van der Waals surface area contributed by atoms with Crippen molar-refractivity contribution >= 4 is 50.6 Å². The van der Waals surface area contributed by atoms with E-state index in [9.17, 15) is 0 Å². The molecule has 3 heterocycles. The Hall–Kier alpha value is -5.85. The molecule has 0 saturated carbocycles. The number of nitrogens with zero attached hydrogens (tertiary/aromatic N) is 3. The van der Waals surface area contributed by atoms with E-state index in [-0.39, 0.29) is 25.7 Å². The third-order valence-electron chi connectivity index (χ3n) is 10.9. The van der Waals surface area contributed by atoms with Crippen molar-refractivity contribution in [3.63, 3.8) is 0 Å². The first kappa shape index (κ1) is 37.0. The Bertz CT molecular complexity index is 3280. The molecular formula is C55H47GeIrN3O-2. The normalized spacial score (nSPS) is 12.8. The van der Waals surface area contributed by atoms with Gasteiger partial charge in [0.15, 0.2) is 0 Å². The van der Waals surface area contributed by atoms with Gasteiger partial charge in [-0.05, 0) is 41.0 Å². The third-order valence-corrected chi connectivity index (χ3v) is 15.1. The fourth-order valence-corrected chi connectivity index (χ4v) is 11.2. The van der Waals surface area contributed by atoms with Crippen molar-refractivity contribution in [2.45, 2.75) is 43.9 Å². The predicted molar refractivity (Wildman–Crippen MR) is 254 cm³/mol. The molecule has 0 unspecified atom stereocenters. The predicted octanol–water partition coefficient (Wildman–Crippen LogP) is 14.2. The number of fused-ring (bicyclic) bond motifs is 4. The molecule has 6 heteroatoms. The van der Waals surface area contributed by atoms with Crippen LogP contribution in [0.15, 0.2) is 174 Å². The first-order chi connectivity index (χ1) is 30.6. The van der Waals surface area contributed by atoms with Crippen LogP contribution >= 0.6 is 0 Å². The van der Waals surface area contributed by atoms with Crippen LogP contribution in [0.2, 0.25) is 17.3 Å². The maximum atomic E-state index is 8.49. The van der Waals surface area contributed by atoms with Gasteiger partial charge < -0.3 is 8.98 Å². The molecule has 0 aliphatic rings. The van der Waals surface area contributed by atoms with E-state index < -0.39 is 26.0 Å². The fourth-order valence-electron chi connectivity index (χ4n) is 7.88. The number of hydrogen-bond donors (Lipinski definition) is 0. The van der Waals surface area contributed by atoms with Gasteiger partial charge in [-0.25, -0.2) is 0 Å². The van der Waals surface area contributed by atoms with Crippen LogP contribution < -0.4 is 4.40 Å². The van der Waals surface area contributed by atoms with Crippen LogP contribution in [0.25, 0.3) is 83.6 Å². The van der Waals surface area contributed by atoms with Gasteiger partial charge >= 0.3 is 131 Å². The Kier molecular flexibility index (Phi) is 10.7. The van der Waals surface area contributed by atoms with Gasteiger partial charge in [-0.1, -0.05) is 114 Å². The average Bonchev–Trinajstić information content (AvgIpc) is 3.88. The molecule has 0 saturated heterocycles. The summed E-state index contributed by atoms with van der Waals surface area (Å²) in [6, 6.07) is 61.6. The summed E-state index contributed by atoms with van der Waals surface area (Å²) in [6.45, 7) is 1.66. The summed E-state index contributed by atoms with van der Waals surface area (Å²) in [4.78, 5) is 9.76. The largest absolute Gasteiger partial charge is 0.501 e. The van der Waals surface area contributed by atoms with Gasteiger partial charge in [-0.3, -0.25) is 4.98 Å². The second kappa shape index (κ2) is 17.6. The number of imidazole rings is 1. The summed E-state index contributed by atoms with van der Waals surface area (Å²) in [5.41, 5.74) is 12.8. The summed E-state index contributed by atoms with van der Waals surface area (Å²) >= 11 is -2.14. The van der Waals surface area contributed by atoms with Crippen molar-refractivity contribution in [2.24, 2.45) is 0 Å². The Morgan fingerprint density at radius 1 is 0.721 bits per heavy atom. The van der Waals surface area contributed by atoms with Crippen LogP contribution in [0.5, 0.6) is 0 Å². The van der Waals surface area contributed by atoms with E-state index in [1.54, 1.807) is 12.1 Å². The molecule has 0 spiro atoms. The molecule has 1 radical (unpaired) electrons. The minimum Gasteiger partial charge on any atom is -0.501 e. The maximum Gasteiger partial charge on any atom is 0.120 e. The van der Waals surface area contributed by atoms with E-state index in [4.69, 9.17) is 14.9 Å². The molecule has 0 aliphatic heterocycles. The number of pyridine rings is 1. The number of hydrogen-bond acceptors (Lipinski definition) is 3. The van der Waals surface area contributed by atoms with E-state index in [1.165, 1.54) is 16.0 Å². The summed E-state index contributed by atoms with van der Waals surface area (Å²) in [6.07, 6.45) is 1.91. The zero-order valence-corrected chi connectivity index (χ0v) is 39.2. The molecule has 0 atom stereocenters. The second-order valence-corrected chi connectivity index (χ2v) is 26.8. The minimum absolute atomic E-state index is 0. The Morgan fingerprint density at radius 2 is 1.44 bits per heavy atom. The van der Waals surface area contributed by atoms with Gasteiger partial charge in [0.25, 0.3) is 0 Å². The van der Waals surface area contributed by atoms with Crippen LogP contribution in [0.4, 0.5) is 0 Å². The smallest absolute Gasteiger partial charge is 0.120 e. The molecule has 0 N–H and O–H groups in total. The van der Waals surface area contributed by atoms with Crippen molar-refractivity contribution in [3.05, 3.63) is 193 Å². The van der Waals surface area contributed by atoms with Crippen molar-refractivity contribution in [1.82, 2.24) is 14.5 Å². The Labute approximate surface area is 380 Å². The summed E-state index contributed by atoms with van der Waals surface area (Å²) in [7, 11) is 0. The zero-order chi connectivity index (χ0) is 44.8. The molecule has 0 aliphatic carbocycles. The van der Waals surface area contributed by atoms with Crippen LogP contribution in [0, 0.1) is 19.0 Å². The Balaban J connectivity index is 0.000000199. The van der Waals surface area contributed by atoms with E-state index in [1.807, 2.05) is 62.5 Å². The second-order valence-electron chi connectivity index (χ2n) is 16.3. The molecule has 303 valence electrons. The molecule has 10 rings (SSSR count). The molecule has 61 heavy (non-hydrogen) atoms. The molecular weight excluding hydrogens is 983 g/mol. The molecule has 0 fully saturated rings. The number of furan rings is 1. The fraction of sp³-hybridized carbons (Fsp3) is 0.127. The van der Waals surface area contributed by atoms with E-state index >= 15 is 0 Å². The van der Waals surface area contributed by atoms with Gasteiger partial charge in [0.1, 0.15) is 5.58 Å². The van der Waals surface area contributed by atoms with E-state index in [0.717, 1.165) is 83.6 Å². The molecule has 7 aromatic carbocycles. The number of para-hydroxylation sites is 3. The van der Waals surface area contributed by atoms with Crippen molar-refractivity contribution in [2.75, 3.05) is 0 Å².